The standard InChI is InChI=1S/C11H22O2Si/c1-7-13-9-11(8-12-3)10(2)14(4,5)6/h9H,2,7-8H2,1,3-6H3/b11-9-. The van der Waals surface area contributed by atoms with Crippen molar-refractivity contribution in [1.29, 1.82) is 0 Å². The van der Waals surface area contributed by atoms with Crippen LogP contribution in [0.4, 0.5) is 0 Å². The van der Waals surface area contributed by atoms with E-state index in [9.17, 15) is 0 Å². The molecule has 0 rings (SSSR count). The Morgan fingerprint density at radius 1 is 1.36 bits per heavy atom. The Labute approximate surface area is 88.6 Å². The summed E-state index contributed by atoms with van der Waals surface area (Å²) in [5, 5.41) is 1.20. The average molecular weight is 214 g/mol. The van der Waals surface area contributed by atoms with E-state index in [-0.39, 0.29) is 0 Å². The second-order valence-electron chi connectivity index (χ2n) is 4.26. The van der Waals surface area contributed by atoms with Gasteiger partial charge >= 0.3 is 0 Å². The van der Waals surface area contributed by atoms with Gasteiger partial charge in [0.15, 0.2) is 0 Å². The quantitative estimate of drug-likeness (QED) is 0.384. The maximum absolute atomic E-state index is 5.28. The van der Waals surface area contributed by atoms with Crippen molar-refractivity contribution in [2.24, 2.45) is 0 Å². The third kappa shape index (κ3) is 4.63. The first-order valence-corrected chi connectivity index (χ1v) is 8.42. The average Bonchev–Trinajstić information content (AvgIpc) is 2.09. The molecule has 0 amide bonds. The van der Waals surface area contributed by atoms with E-state index >= 15 is 0 Å². The Balaban J connectivity index is 4.57. The lowest BCUT2D eigenvalue weighted by molar-refractivity contribution is 0.216. The van der Waals surface area contributed by atoms with Crippen molar-refractivity contribution < 1.29 is 9.47 Å². The van der Waals surface area contributed by atoms with Gasteiger partial charge in [0, 0.05) is 12.7 Å². The summed E-state index contributed by atoms with van der Waals surface area (Å²) < 4.78 is 10.4. The predicted molar refractivity (Wildman–Crippen MR) is 64.1 cm³/mol. The molecule has 14 heavy (non-hydrogen) atoms. The normalized spacial score (nSPS) is 12.8. The van der Waals surface area contributed by atoms with Crippen LogP contribution in [0.1, 0.15) is 6.92 Å². The van der Waals surface area contributed by atoms with Crippen LogP contribution < -0.4 is 0 Å². The van der Waals surface area contributed by atoms with Crippen LogP contribution in [0, 0.1) is 0 Å². The van der Waals surface area contributed by atoms with Gasteiger partial charge in [-0.1, -0.05) is 31.4 Å². The molecule has 0 aliphatic rings. The first-order chi connectivity index (χ1) is 6.43. The van der Waals surface area contributed by atoms with Gasteiger partial charge in [-0.3, -0.25) is 0 Å². The monoisotopic (exact) mass is 214 g/mol. The minimum absolute atomic E-state index is 0.586. The highest BCUT2D eigenvalue weighted by molar-refractivity contribution is 6.83. The minimum Gasteiger partial charge on any atom is -0.501 e. The summed E-state index contributed by atoms with van der Waals surface area (Å²) in [5.41, 5.74) is 1.09. The predicted octanol–water partition coefficient (Wildman–Crippen LogP) is 2.99. The molecule has 0 aromatic carbocycles. The first kappa shape index (κ1) is 13.5. The van der Waals surface area contributed by atoms with E-state index in [1.165, 1.54) is 5.20 Å². The second kappa shape index (κ2) is 6.04. The number of methoxy groups -OCH3 is 1. The molecule has 2 nitrogen and oxygen atoms in total. The Kier molecular flexibility index (Phi) is 5.80. The summed E-state index contributed by atoms with van der Waals surface area (Å²) in [4.78, 5) is 0. The summed E-state index contributed by atoms with van der Waals surface area (Å²) in [7, 11) is 0.358. The van der Waals surface area contributed by atoms with Crippen molar-refractivity contribution in [2.45, 2.75) is 26.6 Å². The largest absolute Gasteiger partial charge is 0.501 e. The van der Waals surface area contributed by atoms with Crippen molar-refractivity contribution in [3.8, 4) is 0 Å². The van der Waals surface area contributed by atoms with E-state index in [0.717, 1.165) is 5.57 Å². The van der Waals surface area contributed by atoms with E-state index in [1.54, 1.807) is 13.4 Å². The highest BCUT2D eigenvalue weighted by atomic mass is 28.3. The molecule has 0 aromatic rings. The van der Waals surface area contributed by atoms with Crippen molar-refractivity contribution in [2.75, 3.05) is 20.3 Å². The van der Waals surface area contributed by atoms with Gasteiger partial charge in [0.25, 0.3) is 0 Å². The van der Waals surface area contributed by atoms with E-state index in [0.29, 0.717) is 13.2 Å². The van der Waals surface area contributed by atoms with E-state index < -0.39 is 8.07 Å². The van der Waals surface area contributed by atoms with Crippen molar-refractivity contribution in [3.63, 3.8) is 0 Å². The molecule has 0 heterocycles. The van der Waals surface area contributed by atoms with Gasteiger partial charge in [0.1, 0.15) is 0 Å². The van der Waals surface area contributed by atoms with Gasteiger partial charge < -0.3 is 9.47 Å². The number of ether oxygens (including phenoxy) is 2. The van der Waals surface area contributed by atoms with Gasteiger partial charge in [0.05, 0.1) is 27.5 Å². The summed E-state index contributed by atoms with van der Waals surface area (Å²) in [6.45, 7) is 14.2. The van der Waals surface area contributed by atoms with E-state index in [4.69, 9.17) is 9.47 Å². The maximum Gasteiger partial charge on any atom is 0.0882 e. The zero-order valence-electron chi connectivity index (χ0n) is 10.0. The Morgan fingerprint density at radius 2 is 1.93 bits per heavy atom. The Bertz CT molecular complexity index is 214. The molecule has 0 N–H and O–H groups in total. The molecule has 0 aliphatic carbocycles. The molecule has 0 fully saturated rings. The number of hydrogen-bond donors (Lipinski definition) is 0. The molecule has 0 saturated heterocycles. The van der Waals surface area contributed by atoms with E-state index in [1.807, 2.05) is 6.92 Å². The zero-order chi connectivity index (χ0) is 11.2. The lowest BCUT2D eigenvalue weighted by Gasteiger charge is -2.21. The molecular formula is C11H22O2Si. The molecule has 0 saturated carbocycles. The molecule has 0 unspecified atom stereocenters. The molecule has 0 atom stereocenters. The molecular weight excluding hydrogens is 192 g/mol. The summed E-state index contributed by atoms with van der Waals surface area (Å²) in [5.74, 6) is 0. The fourth-order valence-corrected chi connectivity index (χ4v) is 2.11. The Hall–Kier alpha value is -0.543. The fourth-order valence-electron chi connectivity index (χ4n) is 1.01. The van der Waals surface area contributed by atoms with Gasteiger partial charge in [-0.2, -0.15) is 0 Å². The van der Waals surface area contributed by atoms with Gasteiger partial charge in [-0.15, -0.1) is 0 Å². The number of hydrogen-bond acceptors (Lipinski definition) is 2. The Morgan fingerprint density at radius 3 is 2.29 bits per heavy atom. The SMILES string of the molecule is C=C(/C(=C\OCC)COC)[Si](C)(C)C. The molecule has 0 aliphatic heterocycles. The second-order valence-corrected chi connectivity index (χ2v) is 9.36. The fraction of sp³-hybridized carbons (Fsp3) is 0.636. The first-order valence-electron chi connectivity index (χ1n) is 4.92. The molecule has 0 radical (unpaired) electrons. The molecule has 0 aromatic heterocycles. The van der Waals surface area contributed by atoms with Crippen LogP contribution >= 0.6 is 0 Å². The van der Waals surface area contributed by atoms with Crippen LogP contribution in [0.25, 0.3) is 0 Å². The molecule has 82 valence electrons. The van der Waals surface area contributed by atoms with Crippen molar-refractivity contribution in [3.05, 3.63) is 23.6 Å². The third-order valence-corrected chi connectivity index (χ3v) is 4.12. The molecule has 0 bridgehead atoms. The van der Waals surface area contributed by atoms with Crippen LogP contribution in [0.2, 0.25) is 19.6 Å². The molecule has 3 heteroatoms. The summed E-state index contributed by atoms with van der Waals surface area (Å²) >= 11 is 0. The van der Waals surface area contributed by atoms with Crippen LogP contribution in [0.5, 0.6) is 0 Å². The highest BCUT2D eigenvalue weighted by Gasteiger charge is 2.20. The molecule has 0 spiro atoms. The van der Waals surface area contributed by atoms with Crippen LogP contribution in [0.15, 0.2) is 23.6 Å². The lowest BCUT2D eigenvalue weighted by Crippen LogP contribution is -2.25. The van der Waals surface area contributed by atoms with Crippen LogP contribution in [0.3, 0.4) is 0 Å². The van der Waals surface area contributed by atoms with Crippen molar-refractivity contribution in [1.82, 2.24) is 0 Å². The third-order valence-electron chi connectivity index (χ3n) is 1.99. The zero-order valence-corrected chi connectivity index (χ0v) is 11.0. The van der Waals surface area contributed by atoms with Crippen LogP contribution in [-0.2, 0) is 9.47 Å². The lowest BCUT2D eigenvalue weighted by atomic mass is 10.3. The van der Waals surface area contributed by atoms with Gasteiger partial charge in [0.2, 0.25) is 0 Å². The summed E-state index contributed by atoms with van der Waals surface area (Å²) in [6, 6.07) is 0. The number of rotatable bonds is 6. The van der Waals surface area contributed by atoms with Gasteiger partial charge in [-0.05, 0) is 6.92 Å². The minimum atomic E-state index is -1.33. The maximum atomic E-state index is 5.28. The topological polar surface area (TPSA) is 18.5 Å². The highest BCUT2D eigenvalue weighted by Crippen LogP contribution is 2.20. The van der Waals surface area contributed by atoms with Gasteiger partial charge in [-0.25, -0.2) is 0 Å². The summed E-state index contributed by atoms with van der Waals surface area (Å²) in [6.07, 6.45) is 1.78. The smallest absolute Gasteiger partial charge is 0.0882 e. The van der Waals surface area contributed by atoms with E-state index in [2.05, 4.69) is 26.2 Å². The van der Waals surface area contributed by atoms with Crippen molar-refractivity contribution >= 4 is 8.07 Å². The van der Waals surface area contributed by atoms with Crippen LogP contribution in [-0.4, -0.2) is 28.4 Å².